The quantitative estimate of drug-likeness (QED) is 0.871. The standard InChI is InChI=1S/C15H22N4S2/c1-9-17-10(8-20-9)12-13(16)19-21-14(12)18-11-6-4-5-7-15(11,2)3/h8,11,18H,4-7H2,1-3H3,(H2,16,19). The van der Waals surface area contributed by atoms with Gasteiger partial charge in [0.2, 0.25) is 0 Å². The second-order valence-electron chi connectivity index (χ2n) is 6.45. The first-order chi connectivity index (χ1) is 9.97. The molecule has 3 rings (SSSR count). The van der Waals surface area contributed by atoms with E-state index in [1.54, 1.807) is 11.3 Å². The van der Waals surface area contributed by atoms with Crippen molar-refractivity contribution >= 4 is 33.7 Å². The molecule has 4 nitrogen and oxygen atoms in total. The average Bonchev–Trinajstić information content (AvgIpc) is 2.98. The molecule has 1 atom stereocenters. The molecule has 0 amide bonds. The molecule has 0 radical (unpaired) electrons. The lowest BCUT2D eigenvalue weighted by molar-refractivity contribution is 0.217. The molecule has 0 spiro atoms. The van der Waals surface area contributed by atoms with E-state index in [1.807, 2.05) is 6.92 Å². The summed E-state index contributed by atoms with van der Waals surface area (Å²) in [7, 11) is 0. The lowest BCUT2D eigenvalue weighted by atomic mass is 9.73. The highest BCUT2D eigenvalue weighted by atomic mass is 32.1. The third-order valence-corrected chi connectivity index (χ3v) is 5.97. The van der Waals surface area contributed by atoms with Gasteiger partial charge in [0.15, 0.2) is 0 Å². The summed E-state index contributed by atoms with van der Waals surface area (Å²) in [5.74, 6) is 0.585. The SMILES string of the molecule is Cc1nc(-c2c(N)nsc2NC2CCCCC2(C)C)cs1. The third kappa shape index (κ3) is 2.92. The number of anilines is 2. The van der Waals surface area contributed by atoms with Crippen molar-refractivity contribution in [2.24, 2.45) is 5.41 Å². The van der Waals surface area contributed by atoms with E-state index >= 15 is 0 Å². The van der Waals surface area contributed by atoms with E-state index in [9.17, 15) is 0 Å². The van der Waals surface area contributed by atoms with E-state index in [2.05, 4.69) is 33.9 Å². The van der Waals surface area contributed by atoms with Gasteiger partial charge in [-0.25, -0.2) is 4.98 Å². The molecule has 2 aromatic rings. The largest absolute Gasteiger partial charge is 0.382 e. The van der Waals surface area contributed by atoms with Crippen LogP contribution in [0.1, 0.15) is 44.5 Å². The Kier molecular flexibility index (Phi) is 3.92. The van der Waals surface area contributed by atoms with Gasteiger partial charge in [-0.3, -0.25) is 0 Å². The van der Waals surface area contributed by atoms with Gasteiger partial charge in [-0.15, -0.1) is 11.3 Å². The minimum Gasteiger partial charge on any atom is -0.382 e. The first-order valence-electron chi connectivity index (χ1n) is 7.41. The molecule has 1 aliphatic carbocycles. The molecule has 0 aliphatic heterocycles. The number of aromatic nitrogens is 2. The number of thiazole rings is 1. The predicted molar refractivity (Wildman–Crippen MR) is 92.0 cm³/mol. The number of nitrogen functional groups attached to an aromatic ring is 1. The number of rotatable bonds is 3. The molecule has 6 heteroatoms. The lowest BCUT2D eigenvalue weighted by Crippen LogP contribution is -2.38. The molecular weight excluding hydrogens is 300 g/mol. The van der Waals surface area contributed by atoms with Crippen LogP contribution in [-0.4, -0.2) is 15.4 Å². The van der Waals surface area contributed by atoms with Gasteiger partial charge >= 0.3 is 0 Å². The zero-order valence-electron chi connectivity index (χ0n) is 12.8. The van der Waals surface area contributed by atoms with E-state index < -0.39 is 0 Å². The summed E-state index contributed by atoms with van der Waals surface area (Å²) in [6, 6.07) is 0.476. The van der Waals surface area contributed by atoms with Crippen molar-refractivity contribution in [3.63, 3.8) is 0 Å². The van der Waals surface area contributed by atoms with Crippen LogP contribution < -0.4 is 11.1 Å². The molecule has 3 N–H and O–H groups in total. The molecule has 114 valence electrons. The van der Waals surface area contributed by atoms with Crippen molar-refractivity contribution in [2.45, 2.75) is 52.5 Å². The van der Waals surface area contributed by atoms with Crippen LogP contribution in [0, 0.1) is 12.3 Å². The zero-order valence-corrected chi connectivity index (χ0v) is 14.4. The minimum atomic E-state index is 0.312. The average molecular weight is 323 g/mol. The zero-order chi connectivity index (χ0) is 15.0. The fraction of sp³-hybridized carbons (Fsp3) is 0.600. The first kappa shape index (κ1) is 14.8. The smallest absolute Gasteiger partial charge is 0.148 e. The topological polar surface area (TPSA) is 63.8 Å². The maximum atomic E-state index is 6.08. The van der Waals surface area contributed by atoms with Crippen LogP contribution >= 0.6 is 22.9 Å². The van der Waals surface area contributed by atoms with Crippen LogP contribution in [0.4, 0.5) is 10.8 Å². The van der Waals surface area contributed by atoms with E-state index in [0.717, 1.165) is 21.3 Å². The monoisotopic (exact) mass is 322 g/mol. The normalized spacial score (nSPS) is 21.4. The van der Waals surface area contributed by atoms with Crippen LogP contribution in [0.2, 0.25) is 0 Å². The molecule has 2 aromatic heterocycles. The molecular formula is C15H22N4S2. The molecule has 1 saturated carbocycles. The molecule has 1 aliphatic rings. The van der Waals surface area contributed by atoms with Gasteiger partial charge < -0.3 is 11.1 Å². The number of hydrogen-bond donors (Lipinski definition) is 2. The summed E-state index contributed by atoms with van der Waals surface area (Å²) >= 11 is 3.10. The highest BCUT2D eigenvalue weighted by molar-refractivity contribution is 7.11. The fourth-order valence-corrected chi connectivity index (χ4v) is 4.43. The summed E-state index contributed by atoms with van der Waals surface area (Å²) in [6.45, 7) is 6.71. The van der Waals surface area contributed by atoms with Crippen molar-refractivity contribution < 1.29 is 0 Å². The van der Waals surface area contributed by atoms with Crippen LogP contribution in [-0.2, 0) is 0 Å². The Morgan fingerprint density at radius 3 is 2.86 bits per heavy atom. The second-order valence-corrected chi connectivity index (χ2v) is 8.29. The lowest BCUT2D eigenvalue weighted by Gasteiger charge is -2.39. The van der Waals surface area contributed by atoms with Crippen molar-refractivity contribution in [1.82, 2.24) is 9.36 Å². The summed E-state index contributed by atoms with van der Waals surface area (Å²) < 4.78 is 4.34. The molecule has 0 bridgehead atoms. The summed E-state index contributed by atoms with van der Waals surface area (Å²) in [5.41, 5.74) is 8.31. The summed E-state index contributed by atoms with van der Waals surface area (Å²) in [4.78, 5) is 4.57. The van der Waals surface area contributed by atoms with E-state index in [-0.39, 0.29) is 0 Å². The second kappa shape index (κ2) is 5.57. The van der Waals surface area contributed by atoms with Gasteiger partial charge in [0.25, 0.3) is 0 Å². The Balaban J connectivity index is 1.90. The summed E-state index contributed by atoms with van der Waals surface area (Å²) in [5, 5.41) is 7.89. The van der Waals surface area contributed by atoms with E-state index in [0.29, 0.717) is 17.3 Å². The summed E-state index contributed by atoms with van der Waals surface area (Å²) in [6.07, 6.45) is 5.10. The third-order valence-electron chi connectivity index (χ3n) is 4.41. The Morgan fingerprint density at radius 2 is 2.19 bits per heavy atom. The maximum absolute atomic E-state index is 6.08. The van der Waals surface area contributed by atoms with Crippen molar-refractivity contribution in [3.8, 4) is 11.3 Å². The molecule has 0 aromatic carbocycles. The number of nitrogens with two attached hydrogens (primary N) is 1. The highest BCUT2D eigenvalue weighted by Crippen LogP contribution is 2.42. The van der Waals surface area contributed by atoms with Crippen LogP contribution in [0.25, 0.3) is 11.3 Å². The van der Waals surface area contributed by atoms with E-state index in [1.165, 1.54) is 37.2 Å². The van der Waals surface area contributed by atoms with Crippen molar-refractivity contribution in [2.75, 3.05) is 11.1 Å². The van der Waals surface area contributed by atoms with Gasteiger partial charge in [-0.2, -0.15) is 4.37 Å². The minimum absolute atomic E-state index is 0.312. The van der Waals surface area contributed by atoms with Gasteiger partial charge in [0.05, 0.1) is 16.3 Å². The van der Waals surface area contributed by atoms with Crippen LogP contribution in [0.3, 0.4) is 0 Å². The fourth-order valence-electron chi connectivity index (χ4n) is 3.05. The predicted octanol–water partition coefficient (Wildman–Crippen LogP) is 4.54. The Bertz CT molecular complexity index is 629. The number of hydrogen-bond acceptors (Lipinski definition) is 6. The maximum Gasteiger partial charge on any atom is 0.148 e. The Morgan fingerprint density at radius 1 is 1.38 bits per heavy atom. The number of nitrogens with one attached hydrogen (secondary N) is 1. The van der Waals surface area contributed by atoms with Crippen molar-refractivity contribution in [3.05, 3.63) is 10.4 Å². The first-order valence-corrected chi connectivity index (χ1v) is 9.07. The molecule has 0 saturated heterocycles. The Hall–Kier alpha value is -1.14. The van der Waals surface area contributed by atoms with Gasteiger partial charge in [-0.05, 0) is 36.7 Å². The molecule has 21 heavy (non-hydrogen) atoms. The van der Waals surface area contributed by atoms with Gasteiger partial charge in [-0.1, -0.05) is 26.7 Å². The highest BCUT2D eigenvalue weighted by Gasteiger charge is 2.33. The van der Waals surface area contributed by atoms with Crippen LogP contribution in [0.15, 0.2) is 5.38 Å². The van der Waals surface area contributed by atoms with Crippen molar-refractivity contribution in [1.29, 1.82) is 0 Å². The molecule has 2 heterocycles. The number of aryl methyl sites for hydroxylation is 1. The van der Waals surface area contributed by atoms with Gasteiger partial charge in [0.1, 0.15) is 10.8 Å². The Labute approximate surface area is 134 Å². The molecule has 1 fully saturated rings. The van der Waals surface area contributed by atoms with Crippen LogP contribution in [0.5, 0.6) is 0 Å². The van der Waals surface area contributed by atoms with Gasteiger partial charge in [0, 0.05) is 11.4 Å². The van der Waals surface area contributed by atoms with E-state index in [4.69, 9.17) is 5.73 Å². The number of nitrogens with zero attached hydrogens (tertiary/aromatic N) is 2. The molecule has 1 unspecified atom stereocenters.